The Hall–Kier alpha value is -3.73. The van der Waals surface area contributed by atoms with Crippen molar-refractivity contribution in [1.29, 1.82) is 0 Å². The van der Waals surface area contributed by atoms with Crippen LogP contribution in [0.1, 0.15) is 34.0 Å². The van der Waals surface area contributed by atoms with Gasteiger partial charge in [-0.2, -0.15) is 0 Å². The van der Waals surface area contributed by atoms with Crippen LogP contribution >= 0.6 is 0 Å². The Labute approximate surface area is 197 Å². The number of carboxylic acid groups (broad SMARTS) is 1. The average Bonchev–Trinajstić information content (AvgIpc) is 2.80. The number of urea groups is 1. The number of amides is 3. The Balaban J connectivity index is 1.77. The second kappa shape index (κ2) is 10.9. The molecule has 1 aliphatic heterocycles. The standard InChI is InChI=1S/C23H30N6O5/c1-4-28-8-10-29(11-9-28)23(34)25-17(21(31)32)12-16-13-24-22(33)27-19(16)26-20(30)18-14(2)6-5-7-15(18)3/h5-7,13,17H,4,8-12H2,1-3H3,(H,25,34)(H,31,32)(H2,24,26,27,30,33). The highest BCUT2D eigenvalue weighted by Crippen LogP contribution is 2.18. The summed E-state index contributed by atoms with van der Waals surface area (Å²) in [5, 5.41) is 14.9. The van der Waals surface area contributed by atoms with E-state index in [1.165, 1.54) is 6.20 Å². The number of aromatic nitrogens is 2. The van der Waals surface area contributed by atoms with Gasteiger partial charge in [0.15, 0.2) is 0 Å². The van der Waals surface area contributed by atoms with E-state index in [0.29, 0.717) is 18.7 Å². The van der Waals surface area contributed by atoms with Gasteiger partial charge in [-0.25, -0.2) is 19.4 Å². The molecule has 0 spiro atoms. The number of rotatable bonds is 7. The van der Waals surface area contributed by atoms with Crippen LogP contribution in [0.5, 0.6) is 0 Å². The van der Waals surface area contributed by atoms with E-state index in [2.05, 4.69) is 25.5 Å². The number of likely N-dealkylation sites (N-methyl/N-ethyl adjacent to an activating group) is 1. The molecule has 3 rings (SSSR count). The third-order valence-electron chi connectivity index (χ3n) is 5.96. The van der Waals surface area contributed by atoms with E-state index in [0.717, 1.165) is 30.8 Å². The Morgan fingerprint density at radius 2 is 1.79 bits per heavy atom. The minimum Gasteiger partial charge on any atom is -0.480 e. The molecule has 1 saturated heterocycles. The number of carbonyl (C=O) groups excluding carboxylic acids is 2. The van der Waals surface area contributed by atoms with Crippen molar-refractivity contribution in [1.82, 2.24) is 25.1 Å². The quantitative estimate of drug-likeness (QED) is 0.471. The number of benzene rings is 1. The van der Waals surface area contributed by atoms with Crippen LogP contribution in [0.4, 0.5) is 10.6 Å². The summed E-state index contributed by atoms with van der Waals surface area (Å²) < 4.78 is 0. The molecule has 1 aromatic heterocycles. The minimum atomic E-state index is -1.28. The molecule has 4 N–H and O–H groups in total. The third-order valence-corrected chi connectivity index (χ3v) is 5.96. The summed E-state index contributed by atoms with van der Waals surface area (Å²) >= 11 is 0. The van der Waals surface area contributed by atoms with Gasteiger partial charge < -0.3 is 25.5 Å². The zero-order valence-corrected chi connectivity index (χ0v) is 19.6. The number of hydrogen-bond acceptors (Lipinski definition) is 6. The summed E-state index contributed by atoms with van der Waals surface area (Å²) in [6.07, 6.45) is 1.03. The second-order valence-electron chi connectivity index (χ2n) is 8.28. The highest BCUT2D eigenvalue weighted by atomic mass is 16.4. The molecule has 2 heterocycles. The van der Waals surface area contributed by atoms with Gasteiger partial charge in [0.25, 0.3) is 5.91 Å². The summed E-state index contributed by atoms with van der Waals surface area (Å²) in [7, 11) is 0. The molecule has 1 fully saturated rings. The number of carbonyl (C=O) groups is 3. The summed E-state index contributed by atoms with van der Waals surface area (Å²) in [6.45, 7) is 8.99. The fourth-order valence-corrected chi connectivity index (χ4v) is 3.96. The van der Waals surface area contributed by atoms with Gasteiger partial charge in [-0.15, -0.1) is 0 Å². The zero-order valence-electron chi connectivity index (χ0n) is 19.6. The van der Waals surface area contributed by atoms with E-state index in [-0.39, 0.29) is 17.8 Å². The molecule has 1 aliphatic rings. The number of H-pyrrole nitrogens is 1. The fourth-order valence-electron chi connectivity index (χ4n) is 3.96. The van der Waals surface area contributed by atoms with Crippen molar-refractivity contribution in [3.63, 3.8) is 0 Å². The summed E-state index contributed by atoms with van der Waals surface area (Å²) in [6, 6.07) is 3.69. The lowest BCUT2D eigenvalue weighted by molar-refractivity contribution is -0.139. The van der Waals surface area contributed by atoms with E-state index in [1.54, 1.807) is 30.9 Å². The SMILES string of the molecule is CCN1CCN(C(=O)NC(Cc2cnc(=O)[nH]c2NC(=O)c2c(C)cccc2C)C(=O)O)CC1. The first kappa shape index (κ1) is 24.9. The fraction of sp³-hybridized carbons (Fsp3) is 0.435. The molecule has 0 aliphatic carbocycles. The molecule has 2 aromatic rings. The molecular weight excluding hydrogens is 440 g/mol. The maximum Gasteiger partial charge on any atom is 0.346 e. The van der Waals surface area contributed by atoms with Crippen LogP contribution in [0.25, 0.3) is 0 Å². The molecule has 11 nitrogen and oxygen atoms in total. The lowest BCUT2D eigenvalue weighted by Crippen LogP contribution is -2.55. The number of nitrogens with zero attached hydrogens (tertiary/aromatic N) is 3. The van der Waals surface area contributed by atoms with Crippen molar-refractivity contribution in [3.05, 3.63) is 57.1 Å². The van der Waals surface area contributed by atoms with Crippen LogP contribution in [0.3, 0.4) is 0 Å². The predicted molar refractivity (Wildman–Crippen MR) is 126 cm³/mol. The van der Waals surface area contributed by atoms with Crippen molar-refractivity contribution >= 4 is 23.7 Å². The Morgan fingerprint density at radius 3 is 2.38 bits per heavy atom. The highest BCUT2D eigenvalue weighted by molar-refractivity contribution is 6.06. The molecular formula is C23H30N6O5. The van der Waals surface area contributed by atoms with E-state index in [1.807, 2.05) is 13.0 Å². The van der Waals surface area contributed by atoms with Gasteiger partial charge >= 0.3 is 17.7 Å². The highest BCUT2D eigenvalue weighted by Gasteiger charge is 2.27. The maximum atomic E-state index is 12.9. The molecule has 3 amide bonds. The van der Waals surface area contributed by atoms with Crippen molar-refractivity contribution in [3.8, 4) is 0 Å². The monoisotopic (exact) mass is 470 g/mol. The number of aliphatic carboxylic acids is 1. The van der Waals surface area contributed by atoms with Gasteiger partial charge in [-0.1, -0.05) is 25.1 Å². The average molecular weight is 471 g/mol. The largest absolute Gasteiger partial charge is 0.480 e. The summed E-state index contributed by atoms with van der Waals surface area (Å²) in [5.74, 6) is -1.63. The third kappa shape index (κ3) is 5.98. The number of nitrogens with one attached hydrogen (secondary N) is 3. The van der Waals surface area contributed by atoms with Gasteiger partial charge in [0.2, 0.25) is 0 Å². The van der Waals surface area contributed by atoms with E-state index >= 15 is 0 Å². The van der Waals surface area contributed by atoms with Crippen molar-refractivity contribution in [2.75, 3.05) is 38.0 Å². The predicted octanol–water partition coefficient (Wildman–Crippen LogP) is 0.982. The first-order chi connectivity index (χ1) is 16.2. The zero-order chi connectivity index (χ0) is 24.8. The lowest BCUT2D eigenvalue weighted by Gasteiger charge is -2.34. The lowest BCUT2D eigenvalue weighted by atomic mass is 10.0. The van der Waals surface area contributed by atoms with Gasteiger partial charge in [0, 0.05) is 49.9 Å². The van der Waals surface area contributed by atoms with Crippen LogP contribution in [0, 0.1) is 13.8 Å². The van der Waals surface area contributed by atoms with Gasteiger partial charge in [0.1, 0.15) is 11.9 Å². The van der Waals surface area contributed by atoms with E-state index in [4.69, 9.17) is 0 Å². The normalized spacial score (nSPS) is 15.0. The molecule has 34 heavy (non-hydrogen) atoms. The molecule has 0 radical (unpaired) electrons. The first-order valence-electron chi connectivity index (χ1n) is 11.2. The van der Waals surface area contributed by atoms with Crippen molar-refractivity contribution in [2.24, 2.45) is 0 Å². The second-order valence-corrected chi connectivity index (χ2v) is 8.28. The number of carboxylic acids is 1. The Bertz CT molecular complexity index is 1100. The van der Waals surface area contributed by atoms with Gasteiger partial charge in [-0.3, -0.25) is 9.78 Å². The van der Waals surface area contributed by atoms with E-state index in [9.17, 15) is 24.3 Å². The Kier molecular flexibility index (Phi) is 8.00. The van der Waals surface area contributed by atoms with Crippen LogP contribution < -0.4 is 16.3 Å². The van der Waals surface area contributed by atoms with Crippen LogP contribution in [-0.4, -0.2) is 81.5 Å². The molecule has 0 bridgehead atoms. The van der Waals surface area contributed by atoms with Gasteiger partial charge in [0.05, 0.1) is 0 Å². The number of hydrogen-bond donors (Lipinski definition) is 4. The molecule has 0 saturated carbocycles. The van der Waals surface area contributed by atoms with Gasteiger partial charge in [-0.05, 0) is 31.5 Å². The number of aromatic amines is 1. The summed E-state index contributed by atoms with van der Waals surface area (Å²) in [4.78, 5) is 59.3. The molecule has 182 valence electrons. The minimum absolute atomic E-state index is 0.0460. The molecule has 1 aromatic carbocycles. The summed E-state index contributed by atoms with van der Waals surface area (Å²) in [5.41, 5.74) is 1.57. The smallest absolute Gasteiger partial charge is 0.346 e. The number of piperazine rings is 1. The number of aryl methyl sites for hydroxylation is 2. The Morgan fingerprint density at radius 1 is 1.15 bits per heavy atom. The number of anilines is 1. The van der Waals surface area contributed by atoms with Crippen LogP contribution in [-0.2, 0) is 11.2 Å². The topological polar surface area (TPSA) is 148 Å². The van der Waals surface area contributed by atoms with Crippen LogP contribution in [0.2, 0.25) is 0 Å². The molecule has 11 heteroatoms. The van der Waals surface area contributed by atoms with Crippen LogP contribution in [0.15, 0.2) is 29.2 Å². The maximum absolute atomic E-state index is 12.9. The van der Waals surface area contributed by atoms with Crippen molar-refractivity contribution < 1.29 is 19.5 Å². The molecule has 1 atom stereocenters. The first-order valence-corrected chi connectivity index (χ1v) is 11.2. The molecule has 1 unspecified atom stereocenters. The van der Waals surface area contributed by atoms with E-state index < -0.39 is 29.6 Å². The van der Waals surface area contributed by atoms with Crippen molar-refractivity contribution in [2.45, 2.75) is 33.2 Å².